The highest BCUT2D eigenvalue weighted by atomic mass is 16.3. The lowest BCUT2D eigenvalue weighted by molar-refractivity contribution is 0.337. The van der Waals surface area contributed by atoms with Crippen molar-refractivity contribution in [3.63, 3.8) is 0 Å². The van der Waals surface area contributed by atoms with Crippen LogP contribution < -0.4 is 5.32 Å². The lowest BCUT2D eigenvalue weighted by Gasteiger charge is -2.13. The van der Waals surface area contributed by atoms with Gasteiger partial charge in [0.05, 0.1) is 6.54 Å². The van der Waals surface area contributed by atoms with E-state index in [0.29, 0.717) is 0 Å². The summed E-state index contributed by atoms with van der Waals surface area (Å²) in [6, 6.07) is 4.16. The highest BCUT2D eigenvalue weighted by Gasteiger charge is 2.20. The fourth-order valence-electron chi connectivity index (χ4n) is 2.47. The molecule has 1 aliphatic heterocycles. The van der Waals surface area contributed by atoms with Gasteiger partial charge in [-0.3, -0.25) is 0 Å². The second-order valence-electron chi connectivity index (χ2n) is 4.90. The maximum Gasteiger partial charge on any atom is 0.117 e. The normalized spacial score (nSPS) is 21.2. The van der Waals surface area contributed by atoms with Crippen molar-refractivity contribution in [2.75, 3.05) is 26.2 Å². The Morgan fingerprint density at radius 3 is 2.82 bits per heavy atom. The molecule has 1 aromatic rings. The van der Waals surface area contributed by atoms with Crippen LogP contribution >= 0.6 is 0 Å². The van der Waals surface area contributed by atoms with Gasteiger partial charge in [-0.2, -0.15) is 0 Å². The van der Waals surface area contributed by atoms with E-state index in [2.05, 4.69) is 36.2 Å². The average molecular weight is 236 g/mol. The zero-order valence-electron chi connectivity index (χ0n) is 11.0. The predicted molar refractivity (Wildman–Crippen MR) is 70.0 cm³/mol. The SMILES string of the molecule is CCc1ccc(CNCC2CCN(CC)C2)o1. The van der Waals surface area contributed by atoms with Gasteiger partial charge in [0.1, 0.15) is 11.5 Å². The standard InChI is InChI=1S/C14H24N2O/c1-3-13-5-6-14(17-13)10-15-9-12-7-8-16(4-2)11-12/h5-6,12,15H,3-4,7-11H2,1-2H3. The number of hydrogen-bond donors (Lipinski definition) is 1. The fourth-order valence-corrected chi connectivity index (χ4v) is 2.47. The monoisotopic (exact) mass is 236 g/mol. The van der Waals surface area contributed by atoms with Gasteiger partial charge >= 0.3 is 0 Å². The lowest BCUT2D eigenvalue weighted by Crippen LogP contribution is -2.26. The number of nitrogens with zero attached hydrogens (tertiary/aromatic N) is 1. The van der Waals surface area contributed by atoms with Crippen molar-refractivity contribution in [1.29, 1.82) is 0 Å². The van der Waals surface area contributed by atoms with Crippen molar-refractivity contribution in [3.8, 4) is 0 Å². The summed E-state index contributed by atoms with van der Waals surface area (Å²) in [4.78, 5) is 2.52. The van der Waals surface area contributed by atoms with Gasteiger partial charge in [0, 0.05) is 13.0 Å². The zero-order valence-corrected chi connectivity index (χ0v) is 11.0. The molecule has 1 unspecified atom stereocenters. The van der Waals surface area contributed by atoms with E-state index in [1.54, 1.807) is 0 Å². The molecule has 0 amide bonds. The lowest BCUT2D eigenvalue weighted by atomic mass is 10.1. The van der Waals surface area contributed by atoms with Gasteiger partial charge in [-0.25, -0.2) is 0 Å². The van der Waals surface area contributed by atoms with E-state index in [0.717, 1.165) is 36.9 Å². The van der Waals surface area contributed by atoms with Crippen LogP contribution in [0, 0.1) is 5.92 Å². The molecule has 1 aliphatic rings. The molecule has 0 saturated carbocycles. The second kappa shape index (κ2) is 6.22. The molecule has 17 heavy (non-hydrogen) atoms. The molecule has 1 N–H and O–H groups in total. The third-order valence-corrected chi connectivity index (χ3v) is 3.62. The van der Waals surface area contributed by atoms with E-state index in [1.807, 2.05) is 0 Å². The molecule has 1 aromatic heterocycles. The van der Waals surface area contributed by atoms with Gasteiger partial charge in [0.15, 0.2) is 0 Å². The van der Waals surface area contributed by atoms with Crippen molar-refractivity contribution in [2.45, 2.75) is 33.2 Å². The summed E-state index contributed by atoms with van der Waals surface area (Å²) in [7, 11) is 0. The quantitative estimate of drug-likeness (QED) is 0.821. The molecule has 1 atom stereocenters. The topological polar surface area (TPSA) is 28.4 Å². The van der Waals surface area contributed by atoms with Crippen LogP contribution in [0.3, 0.4) is 0 Å². The number of furan rings is 1. The van der Waals surface area contributed by atoms with E-state index in [4.69, 9.17) is 4.42 Å². The van der Waals surface area contributed by atoms with Crippen LogP contribution in [0.25, 0.3) is 0 Å². The Labute approximate surface area is 104 Å². The molecule has 0 radical (unpaired) electrons. The van der Waals surface area contributed by atoms with Crippen LogP contribution in [0.5, 0.6) is 0 Å². The van der Waals surface area contributed by atoms with Gasteiger partial charge in [0.25, 0.3) is 0 Å². The van der Waals surface area contributed by atoms with Gasteiger partial charge in [-0.15, -0.1) is 0 Å². The molecule has 3 nitrogen and oxygen atoms in total. The van der Waals surface area contributed by atoms with Crippen LogP contribution in [-0.2, 0) is 13.0 Å². The molecule has 2 rings (SSSR count). The Balaban J connectivity index is 1.66. The van der Waals surface area contributed by atoms with Crippen molar-refractivity contribution in [1.82, 2.24) is 10.2 Å². The minimum absolute atomic E-state index is 0.815. The molecule has 3 heteroatoms. The number of hydrogen-bond acceptors (Lipinski definition) is 3. The maximum atomic E-state index is 5.67. The number of rotatable bonds is 6. The van der Waals surface area contributed by atoms with E-state index >= 15 is 0 Å². The Morgan fingerprint density at radius 2 is 2.18 bits per heavy atom. The fraction of sp³-hybridized carbons (Fsp3) is 0.714. The first-order valence-electron chi connectivity index (χ1n) is 6.82. The first-order valence-corrected chi connectivity index (χ1v) is 6.82. The predicted octanol–water partition coefficient (Wildman–Crippen LogP) is 2.27. The minimum Gasteiger partial charge on any atom is -0.465 e. The van der Waals surface area contributed by atoms with Crippen molar-refractivity contribution >= 4 is 0 Å². The molecule has 2 heterocycles. The van der Waals surface area contributed by atoms with Crippen molar-refractivity contribution in [2.24, 2.45) is 5.92 Å². The molecule has 0 aliphatic carbocycles. The molecule has 0 bridgehead atoms. The van der Waals surface area contributed by atoms with Gasteiger partial charge in [-0.05, 0) is 44.1 Å². The molecule has 1 saturated heterocycles. The molecular weight excluding hydrogens is 212 g/mol. The molecular formula is C14H24N2O. The van der Waals surface area contributed by atoms with Gasteiger partial charge in [0.2, 0.25) is 0 Å². The van der Waals surface area contributed by atoms with Gasteiger partial charge < -0.3 is 14.6 Å². The second-order valence-corrected chi connectivity index (χ2v) is 4.90. The summed E-state index contributed by atoms with van der Waals surface area (Å²) in [5.41, 5.74) is 0. The third kappa shape index (κ3) is 3.58. The first kappa shape index (κ1) is 12.7. The van der Waals surface area contributed by atoms with Gasteiger partial charge in [-0.1, -0.05) is 13.8 Å². The number of likely N-dealkylation sites (tertiary alicyclic amines) is 1. The Kier molecular flexibility index (Phi) is 4.63. The van der Waals surface area contributed by atoms with E-state index in [1.165, 1.54) is 26.1 Å². The highest BCUT2D eigenvalue weighted by Crippen LogP contribution is 2.15. The molecule has 1 fully saturated rings. The Hall–Kier alpha value is -0.800. The van der Waals surface area contributed by atoms with E-state index in [-0.39, 0.29) is 0 Å². The summed E-state index contributed by atoms with van der Waals surface area (Å²) >= 11 is 0. The third-order valence-electron chi connectivity index (χ3n) is 3.62. The zero-order chi connectivity index (χ0) is 12.1. The van der Waals surface area contributed by atoms with Crippen LogP contribution in [0.4, 0.5) is 0 Å². The van der Waals surface area contributed by atoms with Crippen molar-refractivity contribution < 1.29 is 4.42 Å². The van der Waals surface area contributed by atoms with Crippen molar-refractivity contribution in [3.05, 3.63) is 23.7 Å². The van der Waals surface area contributed by atoms with Crippen LogP contribution in [-0.4, -0.2) is 31.1 Å². The average Bonchev–Trinajstić information content (AvgIpc) is 2.97. The maximum absolute atomic E-state index is 5.67. The van der Waals surface area contributed by atoms with E-state index < -0.39 is 0 Å². The smallest absolute Gasteiger partial charge is 0.117 e. The summed E-state index contributed by atoms with van der Waals surface area (Å²) < 4.78 is 5.67. The molecule has 0 spiro atoms. The summed E-state index contributed by atoms with van der Waals surface area (Å²) in [5.74, 6) is 2.96. The van der Waals surface area contributed by atoms with E-state index in [9.17, 15) is 0 Å². The number of aryl methyl sites for hydroxylation is 1. The Bertz CT molecular complexity index is 335. The summed E-state index contributed by atoms with van der Waals surface area (Å²) in [6.45, 7) is 10.0. The molecule has 0 aromatic carbocycles. The summed E-state index contributed by atoms with van der Waals surface area (Å²) in [5, 5.41) is 3.51. The highest BCUT2D eigenvalue weighted by molar-refractivity contribution is 5.06. The van der Waals surface area contributed by atoms with Crippen LogP contribution in [0.1, 0.15) is 31.8 Å². The Morgan fingerprint density at radius 1 is 1.35 bits per heavy atom. The first-order chi connectivity index (χ1) is 8.31. The number of nitrogens with one attached hydrogen (secondary N) is 1. The van der Waals surface area contributed by atoms with Crippen LogP contribution in [0.2, 0.25) is 0 Å². The largest absolute Gasteiger partial charge is 0.465 e. The molecule has 96 valence electrons. The minimum atomic E-state index is 0.815. The summed E-state index contributed by atoms with van der Waals surface area (Å²) in [6.07, 6.45) is 2.31. The van der Waals surface area contributed by atoms with Crippen LogP contribution in [0.15, 0.2) is 16.5 Å².